The highest BCUT2D eigenvalue weighted by Crippen LogP contribution is 2.35. The van der Waals surface area contributed by atoms with Gasteiger partial charge in [-0.25, -0.2) is 0 Å². The second-order valence-electron chi connectivity index (χ2n) is 11.0. The summed E-state index contributed by atoms with van der Waals surface area (Å²) >= 11 is 12.7. The smallest absolute Gasteiger partial charge is 0.315 e. The van der Waals surface area contributed by atoms with Gasteiger partial charge >= 0.3 is 11.4 Å². The number of benzene rings is 3. The van der Waals surface area contributed by atoms with Gasteiger partial charge in [-0.1, -0.05) is 97.6 Å². The molecule has 0 radical (unpaired) electrons. The van der Waals surface area contributed by atoms with Gasteiger partial charge in [-0.3, -0.25) is 20.2 Å². The summed E-state index contributed by atoms with van der Waals surface area (Å²) in [5, 5.41) is 21.3. The Labute approximate surface area is 323 Å². The van der Waals surface area contributed by atoms with Crippen molar-refractivity contribution in [3.8, 4) is 0 Å². The fourth-order valence-corrected chi connectivity index (χ4v) is 5.09. The van der Waals surface area contributed by atoms with Crippen LogP contribution in [0.1, 0.15) is 46.9 Å². The second kappa shape index (κ2) is 20.3. The average molecular weight is 1010 g/mol. The van der Waals surface area contributed by atoms with Crippen LogP contribution in [-0.2, 0) is 0 Å². The van der Waals surface area contributed by atoms with Crippen molar-refractivity contribution in [1.82, 2.24) is 0 Å². The number of anilines is 6. The van der Waals surface area contributed by atoms with Gasteiger partial charge in [0.25, 0.3) is 0 Å². The monoisotopic (exact) mass is 1010 g/mol. The van der Waals surface area contributed by atoms with Gasteiger partial charge in [0.1, 0.15) is 22.1 Å². The molecule has 0 atom stereocenters. The van der Waals surface area contributed by atoms with Gasteiger partial charge in [0, 0.05) is 32.0 Å². The molecule has 0 spiro atoms. The Hall–Kier alpha value is -2.26. The molecular weight excluding hydrogens is 965 g/mol. The Kier molecular flexibility index (Phi) is 17.7. The Bertz CT molecular complexity index is 1450. The standard InChI is InChI=1S/C11H15N3O2.C11H17N3.C6H5ClN2O2.C3H5I3.H2/c12-9-5-4-6-10(11(9)14(15)16)13-7-2-1-3-8-13;12-9-5-4-6-10(11(9)13)14-7-2-1-3-8-14;7-4-2-1-3-5(8)6(4)9(10)11;1-3(5,6)2-4;/h4-6H,1-3,7-8,12H2;4-6H,1-3,7-8,12-13H2;1-3H,8H2;2H2,1H3;1H. The maximum atomic E-state index is 11.0. The van der Waals surface area contributed by atoms with Crippen LogP contribution in [0.15, 0.2) is 54.6 Å². The number of rotatable bonds is 5. The molecule has 5 rings (SSSR count). The van der Waals surface area contributed by atoms with Crippen molar-refractivity contribution in [3.05, 3.63) is 79.8 Å². The molecule has 2 heterocycles. The molecule has 0 unspecified atom stereocenters. The molecule has 0 saturated carbocycles. The van der Waals surface area contributed by atoms with E-state index in [9.17, 15) is 20.2 Å². The van der Waals surface area contributed by atoms with Crippen LogP contribution in [0.4, 0.5) is 45.5 Å². The van der Waals surface area contributed by atoms with Crippen LogP contribution in [-0.4, -0.2) is 41.9 Å². The number of nitro benzene ring substituents is 2. The first-order chi connectivity index (χ1) is 22.2. The van der Waals surface area contributed by atoms with E-state index in [1.807, 2.05) is 12.1 Å². The average Bonchev–Trinajstić information content (AvgIpc) is 3.03. The number of hydrogen-bond acceptors (Lipinski definition) is 10. The minimum Gasteiger partial charge on any atom is -0.397 e. The lowest BCUT2D eigenvalue weighted by atomic mass is 10.1. The Morgan fingerprint density at radius 3 is 1.51 bits per heavy atom. The molecule has 3 aromatic rings. The number of piperidine rings is 2. The van der Waals surface area contributed by atoms with E-state index in [0.29, 0.717) is 12.8 Å². The Balaban J connectivity index is 0.000000333. The predicted octanol–water partition coefficient (Wildman–Crippen LogP) is 9.09. The highest BCUT2D eigenvalue weighted by molar-refractivity contribution is 14.2. The van der Waals surface area contributed by atoms with E-state index in [1.165, 1.54) is 42.2 Å². The third-order valence-corrected chi connectivity index (χ3v) is 12.7. The van der Waals surface area contributed by atoms with Crippen LogP contribution < -0.4 is 32.7 Å². The molecule has 2 aliphatic heterocycles. The van der Waals surface area contributed by atoms with E-state index < -0.39 is 4.92 Å². The summed E-state index contributed by atoms with van der Waals surface area (Å²) in [5.74, 6) is 0. The maximum Gasteiger partial charge on any atom is 0.315 e. The highest BCUT2D eigenvalue weighted by Gasteiger charge is 2.23. The van der Waals surface area contributed by atoms with Gasteiger partial charge in [-0.2, -0.15) is 0 Å². The predicted molar refractivity (Wildman–Crippen MR) is 225 cm³/mol. The Morgan fingerprint density at radius 1 is 0.723 bits per heavy atom. The number of nitro groups is 2. The minimum atomic E-state index is -0.600. The number of nitrogens with two attached hydrogens (primary N) is 4. The zero-order valence-corrected chi connectivity index (χ0v) is 33.4. The number of halogens is 4. The first-order valence-corrected chi connectivity index (χ1v) is 19.0. The molecule has 0 aliphatic carbocycles. The summed E-state index contributed by atoms with van der Waals surface area (Å²) in [5.41, 5.74) is 26.0. The molecule has 2 fully saturated rings. The zero-order valence-electron chi connectivity index (χ0n) is 26.2. The summed E-state index contributed by atoms with van der Waals surface area (Å²) in [6, 6.07) is 15.4. The summed E-state index contributed by atoms with van der Waals surface area (Å²) in [6.45, 7) is 6.18. The van der Waals surface area contributed by atoms with Crippen molar-refractivity contribution < 1.29 is 11.3 Å². The molecule has 47 heavy (non-hydrogen) atoms. The van der Waals surface area contributed by atoms with E-state index in [1.54, 1.807) is 24.3 Å². The number of nitrogen functional groups attached to an aromatic ring is 4. The SMILES string of the molecule is CC(I)(I)CI.Nc1cccc(Cl)c1[N+](=O)[O-].Nc1cccc(N2CCCCC2)c1N.Nc1cccc(N2CCCCC2)c1[N+](=O)[O-].[HH]. The van der Waals surface area contributed by atoms with Crippen LogP contribution in [0.25, 0.3) is 0 Å². The molecule has 0 aromatic heterocycles. The normalized spacial score (nSPS) is 14.3. The molecule has 260 valence electrons. The molecule has 12 nitrogen and oxygen atoms in total. The van der Waals surface area contributed by atoms with Gasteiger partial charge in [-0.15, -0.1) is 0 Å². The van der Waals surface area contributed by atoms with Gasteiger partial charge in [-0.05, 0) is 81.8 Å². The summed E-state index contributed by atoms with van der Waals surface area (Å²) < 4.78 is 1.68. The highest BCUT2D eigenvalue weighted by atomic mass is 127. The number of alkyl halides is 3. The van der Waals surface area contributed by atoms with E-state index in [4.69, 9.17) is 34.5 Å². The summed E-state index contributed by atoms with van der Waals surface area (Å²) in [4.78, 5) is 24.7. The molecule has 8 N–H and O–H groups in total. The lowest BCUT2D eigenvalue weighted by Crippen LogP contribution is -2.30. The first kappa shape index (κ1) is 40.9. The number of para-hydroxylation sites is 3. The van der Waals surface area contributed by atoms with Gasteiger partial charge < -0.3 is 32.7 Å². The lowest BCUT2D eigenvalue weighted by molar-refractivity contribution is -0.383. The van der Waals surface area contributed by atoms with Crippen molar-refractivity contribution in [2.45, 2.75) is 46.9 Å². The van der Waals surface area contributed by atoms with E-state index in [2.05, 4.69) is 90.6 Å². The van der Waals surface area contributed by atoms with Crippen molar-refractivity contribution >= 4 is 125 Å². The van der Waals surface area contributed by atoms with Gasteiger partial charge in [0.05, 0.1) is 28.3 Å². The molecule has 0 amide bonds. The van der Waals surface area contributed by atoms with Crippen molar-refractivity contribution in [1.29, 1.82) is 0 Å². The fraction of sp³-hybridized carbons (Fsp3) is 0.419. The first-order valence-electron chi connectivity index (χ1n) is 15.0. The van der Waals surface area contributed by atoms with E-state index in [-0.39, 0.29) is 34.1 Å². The van der Waals surface area contributed by atoms with Crippen molar-refractivity contribution in [3.63, 3.8) is 0 Å². The molecule has 2 aliphatic rings. The topological polar surface area (TPSA) is 197 Å². The lowest BCUT2D eigenvalue weighted by Gasteiger charge is -2.30. The van der Waals surface area contributed by atoms with Crippen LogP contribution in [0.5, 0.6) is 0 Å². The quantitative estimate of drug-likeness (QED) is 0.0629. The largest absolute Gasteiger partial charge is 0.397 e. The molecule has 3 aromatic carbocycles. The maximum absolute atomic E-state index is 11.0. The van der Waals surface area contributed by atoms with Gasteiger partial charge in [0.15, 0.2) is 0 Å². The third-order valence-electron chi connectivity index (χ3n) is 7.17. The number of hydrogen-bond donors (Lipinski definition) is 4. The third kappa shape index (κ3) is 13.6. The fourth-order valence-electron chi connectivity index (χ4n) is 4.84. The van der Waals surface area contributed by atoms with Crippen LogP contribution in [0, 0.1) is 20.2 Å². The van der Waals surface area contributed by atoms with Crippen molar-refractivity contribution in [2.24, 2.45) is 0 Å². The zero-order chi connectivity index (χ0) is 35.1. The molecule has 0 bridgehead atoms. The van der Waals surface area contributed by atoms with Crippen LogP contribution >= 0.6 is 79.4 Å². The molecular formula is C31H44ClI3N8O4. The van der Waals surface area contributed by atoms with Gasteiger partial charge in [0.2, 0.25) is 0 Å². The summed E-state index contributed by atoms with van der Waals surface area (Å²) in [6.07, 6.45) is 7.23. The van der Waals surface area contributed by atoms with Crippen LogP contribution in [0.2, 0.25) is 5.02 Å². The molecule has 2 saturated heterocycles. The number of nitrogens with zero attached hydrogens (tertiary/aromatic N) is 4. The van der Waals surface area contributed by atoms with E-state index >= 15 is 0 Å². The minimum absolute atomic E-state index is 0. The second-order valence-corrected chi connectivity index (χ2v) is 19.0. The summed E-state index contributed by atoms with van der Waals surface area (Å²) in [7, 11) is 0. The van der Waals surface area contributed by atoms with Crippen molar-refractivity contribution in [2.75, 3.05) is 63.3 Å². The Morgan fingerprint density at radius 2 is 1.11 bits per heavy atom. The van der Waals surface area contributed by atoms with E-state index in [0.717, 1.165) is 50.4 Å². The molecule has 16 heteroatoms. The van der Waals surface area contributed by atoms with Crippen LogP contribution in [0.3, 0.4) is 0 Å².